The Balaban J connectivity index is 2.20. The fraction of sp³-hybridized carbons (Fsp3) is 0.533. The minimum Gasteiger partial charge on any atom is -0.324 e. The van der Waals surface area contributed by atoms with Gasteiger partial charge in [0.15, 0.2) is 0 Å². The number of nitrogens with zero attached hydrogens (tertiary/aromatic N) is 2. The molecular formula is C15H17Cl3N2. The Kier molecular flexibility index (Phi) is 4.16. The third kappa shape index (κ3) is 2.54. The average Bonchev–Trinajstić information content (AvgIpc) is 2.79. The summed E-state index contributed by atoms with van der Waals surface area (Å²) in [4.78, 5) is 4.68. The number of imidazole rings is 1. The minimum atomic E-state index is -0.123. The van der Waals surface area contributed by atoms with Crippen molar-refractivity contribution in [2.75, 3.05) is 0 Å². The molecule has 2 aromatic rings. The quantitative estimate of drug-likeness (QED) is 0.604. The summed E-state index contributed by atoms with van der Waals surface area (Å²) in [6.07, 6.45) is 6.22. The van der Waals surface area contributed by atoms with Crippen LogP contribution in [0.5, 0.6) is 0 Å². The fourth-order valence-electron chi connectivity index (χ4n) is 3.11. The molecule has 0 N–H and O–H groups in total. The van der Waals surface area contributed by atoms with Gasteiger partial charge in [-0.15, -0.1) is 11.6 Å². The van der Waals surface area contributed by atoms with Crippen LogP contribution >= 0.6 is 34.8 Å². The standard InChI is InChI=1S/C15H17Cl3N2/c1-9(16)15-19-13-7-11(17)12(18)8-14(13)20(15)10-5-3-2-4-6-10/h7-10H,2-6H2,1H3. The van der Waals surface area contributed by atoms with Crippen molar-refractivity contribution in [3.63, 3.8) is 0 Å². The SMILES string of the molecule is CC(Cl)c1nc2cc(Cl)c(Cl)cc2n1C1CCCCC1. The van der Waals surface area contributed by atoms with E-state index >= 15 is 0 Å². The highest BCUT2D eigenvalue weighted by Crippen LogP contribution is 2.37. The molecule has 1 unspecified atom stereocenters. The third-order valence-electron chi connectivity index (χ3n) is 4.05. The summed E-state index contributed by atoms with van der Waals surface area (Å²) in [5.74, 6) is 0.923. The Labute approximate surface area is 134 Å². The number of rotatable bonds is 2. The van der Waals surface area contributed by atoms with Gasteiger partial charge in [-0.3, -0.25) is 0 Å². The van der Waals surface area contributed by atoms with E-state index in [0.717, 1.165) is 16.9 Å². The largest absolute Gasteiger partial charge is 0.324 e. The minimum absolute atomic E-state index is 0.123. The van der Waals surface area contributed by atoms with E-state index in [1.165, 1.54) is 32.1 Å². The predicted octanol–water partition coefficient (Wildman–Crippen LogP) is 6.15. The summed E-state index contributed by atoms with van der Waals surface area (Å²) in [5.41, 5.74) is 1.93. The third-order valence-corrected chi connectivity index (χ3v) is 4.97. The summed E-state index contributed by atoms with van der Waals surface area (Å²) in [6.45, 7) is 1.96. The number of hydrogen-bond acceptors (Lipinski definition) is 1. The molecule has 1 heterocycles. The van der Waals surface area contributed by atoms with Crippen molar-refractivity contribution in [2.45, 2.75) is 50.4 Å². The number of benzene rings is 1. The van der Waals surface area contributed by atoms with Gasteiger partial charge in [0.05, 0.1) is 26.5 Å². The molecule has 2 nitrogen and oxygen atoms in total. The topological polar surface area (TPSA) is 17.8 Å². The van der Waals surface area contributed by atoms with Gasteiger partial charge in [0.25, 0.3) is 0 Å². The van der Waals surface area contributed by atoms with Crippen molar-refractivity contribution in [3.05, 3.63) is 28.0 Å². The summed E-state index contributed by atoms with van der Waals surface area (Å²) >= 11 is 18.6. The Morgan fingerprint density at radius 3 is 2.45 bits per heavy atom. The van der Waals surface area contributed by atoms with E-state index in [1.54, 1.807) is 0 Å². The van der Waals surface area contributed by atoms with Crippen molar-refractivity contribution < 1.29 is 0 Å². The molecule has 1 aromatic carbocycles. The van der Waals surface area contributed by atoms with Gasteiger partial charge in [-0.25, -0.2) is 4.98 Å². The highest BCUT2D eigenvalue weighted by atomic mass is 35.5. The van der Waals surface area contributed by atoms with Gasteiger partial charge in [-0.2, -0.15) is 0 Å². The lowest BCUT2D eigenvalue weighted by molar-refractivity contribution is 0.352. The molecule has 0 amide bonds. The highest BCUT2D eigenvalue weighted by molar-refractivity contribution is 6.42. The zero-order chi connectivity index (χ0) is 14.3. The van der Waals surface area contributed by atoms with Gasteiger partial charge in [0, 0.05) is 6.04 Å². The Morgan fingerprint density at radius 1 is 1.15 bits per heavy atom. The van der Waals surface area contributed by atoms with E-state index in [-0.39, 0.29) is 5.38 Å². The van der Waals surface area contributed by atoms with Gasteiger partial charge in [-0.05, 0) is 31.9 Å². The lowest BCUT2D eigenvalue weighted by atomic mass is 9.95. The molecule has 20 heavy (non-hydrogen) atoms. The van der Waals surface area contributed by atoms with Crippen LogP contribution in [0.15, 0.2) is 12.1 Å². The molecule has 0 aliphatic heterocycles. The molecule has 0 bridgehead atoms. The van der Waals surface area contributed by atoms with Gasteiger partial charge in [-0.1, -0.05) is 42.5 Å². The molecule has 3 rings (SSSR count). The van der Waals surface area contributed by atoms with Crippen LogP contribution in [0.2, 0.25) is 10.0 Å². The first-order chi connectivity index (χ1) is 9.58. The monoisotopic (exact) mass is 330 g/mol. The highest BCUT2D eigenvalue weighted by Gasteiger charge is 2.24. The summed E-state index contributed by atoms with van der Waals surface area (Å²) in [5, 5.41) is 0.994. The predicted molar refractivity (Wildman–Crippen MR) is 86.1 cm³/mol. The van der Waals surface area contributed by atoms with Crippen molar-refractivity contribution in [2.24, 2.45) is 0 Å². The molecule has 1 atom stereocenters. The maximum absolute atomic E-state index is 6.33. The number of aromatic nitrogens is 2. The lowest BCUT2D eigenvalue weighted by Crippen LogP contribution is -2.15. The lowest BCUT2D eigenvalue weighted by Gasteiger charge is -2.26. The van der Waals surface area contributed by atoms with Crippen LogP contribution < -0.4 is 0 Å². The second kappa shape index (κ2) is 5.75. The van der Waals surface area contributed by atoms with Crippen LogP contribution in [0, 0.1) is 0 Å². The smallest absolute Gasteiger partial charge is 0.127 e. The van der Waals surface area contributed by atoms with Gasteiger partial charge in [0.1, 0.15) is 5.82 Å². The molecule has 0 saturated heterocycles. The van der Waals surface area contributed by atoms with Crippen LogP contribution in [0.4, 0.5) is 0 Å². The van der Waals surface area contributed by atoms with E-state index in [2.05, 4.69) is 9.55 Å². The van der Waals surface area contributed by atoms with Gasteiger partial charge < -0.3 is 4.57 Å². The second-order valence-electron chi connectivity index (χ2n) is 5.50. The molecule has 1 fully saturated rings. The van der Waals surface area contributed by atoms with Crippen LogP contribution in [-0.2, 0) is 0 Å². The number of hydrogen-bond donors (Lipinski definition) is 0. The molecule has 108 valence electrons. The first-order valence-electron chi connectivity index (χ1n) is 7.09. The van der Waals surface area contributed by atoms with Crippen molar-refractivity contribution in [3.8, 4) is 0 Å². The van der Waals surface area contributed by atoms with E-state index in [9.17, 15) is 0 Å². The van der Waals surface area contributed by atoms with Crippen molar-refractivity contribution in [1.29, 1.82) is 0 Å². The van der Waals surface area contributed by atoms with Crippen LogP contribution in [-0.4, -0.2) is 9.55 Å². The van der Waals surface area contributed by atoms with Gasteiger partial charge >= 0.3 is 0 Å². The summed E-state index contributed by atoms with van der Waals surface area (Å²) < 4.78 is 2.29. The zero-order valence-electron chi connectivity index (χ0n) is 11.4. The van der Waals surface area contributed by atoms with E-state index < -0.39 is 0 Å². The maximum atomic E-state index is 6.33. The molecule has 1 saturated carbocycles. The zero-order valence-corrected chi connectivity index (χ0v) is 13.6. The van der Waals surface area contributed by atoms with Crippen LogP contribution in [0.1, 0.15) is 56.3 Å². The molecule has 1 aromatic heterocycles. The first kappa shape index (κ1) is 14.5. The molecule has 5 heteroatoms. The van der Waals surface area contributed by atoms with Crippen LogP contribution in [0.25, 0.3) is 11.0 Å². The Bertz CT molecular complexity index is 628. The van der Waals surface area contributed by atoms with E-state index in [4.69, 9.17) is 34.8 Å². The molecule has 0 spiro atoms. The van der Waals surface area contributed by atoms with E-state index in [1.807, 2.05) is 19.1 Å². The first-order valence-corrected chi connectivity index (χ1v) is 8.28. The number of alkyl halides is 1. The Morgan fingerprint density at radius 2 is 1.80 bits per heavy atom. The Hall–Kier alpha value is -0.440. The molecular weight excluding hydrogens is 315 g/mol. The average molecular weight is 332 g/mol. The number of halogens is 3. The summed E-state index contributed by atoms with van der Waals surface area (Å²) in [6, 6.07) is 4.23. The van der Waals surface area contributed by atoms with Crippen LogP contribution in [0.3, 0.4) is 0 Å². The normalized spacial score (nSPS) is 18.6. The van der Waals surface area contributed by atoms with Crippen molar-refractivity contribution >= 4 is 45.8 Å². The number of fused-ring (bicyclic) bond motifs is 1. The summed E-state index contributed by atoms with van der Waals surface area (Å²) in [7, 11) is 0. The maximum Gasteiger partial charge on any atom is 0.127 e. The van der Waals surface area contributed by atoms with E-state index in [0.29, 0.717) is 16.1 Å². The fourth-order valence-corrected chi connectivity index (χ4v) is 3.58. The van der Waals surface area contributed by atoms with Crippen molar-refractivity contribution in [1.82, 2.24) is 9.55 Å². The molecule has 1 aliphatic carbocycles. The van der Waals surface area contributed by atoms with Gasteiger partial charge in [0.2, 0.25) is 0 Å². The molecule has 1 aliphatic rings. The second-order valence-corrected chi connectivity index (χ2v) is 6.97. The molecule has 0 radical (unpaired) electrons.